The molecule has 0 saturated heterocycles. The maximum absolute atomic E-state index is 12.1. The quantitative estimate of drug-likeness (QED) is 0.595. The van der Waals surface area contributed by atoms with Gasteiger partial charge in [0.15, 0.2) is 0 Å². The largest absolute Gasteiger partial charge is 0.469 e. The SMILES string of the molecule is CCCN(CCC)C(=O)CN(C)CC(C)C(=O)OC. The smallest absolute Gasteiger partial charge is 0.309 e. The lowest BCUT2D eigenvalue weighted by atomic mass is 10.2. The Kier molecular flexibility index (Phi) is 9.21. The first-order chi connectivity index (χ1) is 8.96. The lowest BCUT2D eigenvalue weighted by Crippen LogP contribution is -2.41. The highest BCUT2D eigenvalue weighted by Crippen LogP contribution is 2.02. The molecule has 0 saturated carbocycles. The van der Waals surface area contributed by atoms with Gasteiger partial charge in [-0.2, -0.15) is 0 Å². The number of hydrogen-bond acceptors (Lipinski definition) is 4. The van der Waals surface area contributed by atoms with Gasteiger partial charge in [-0.25, -0.2) is 0 Å². The van der Waals surface area contributed by atoms with E-state index >= 15 is 0 Å². The molecule has 1 unspecified atom stereocenters. The van der Waals surface area contributed by atoms with Gasteiger partial charge in [0.05, 0.1) is 19.6 Å². The first kappa shape index (κ1) is 17.9. The maximum atomic E-state index is 12.1. The van der Waals surface area contributed by atoms with Gasteiger partial charge in [-0.15, -0.1) is 0 Å². The highest BCUT2D eigenvalue weighted by atomic mass is 16.5. The molecule has 0 fully saturated rings. The molecular formula is C14H28N2O3. The molecule has 0 aliphatic rings. The summed E-state index contributed by atoms with van der Waals surface area (Å²) in [6.07, 6.45) is 1.93. The third-order valence-corrected chi connectivity index (χ3v) is 2.93. The van der Waals surface area contributed by atoms with Crippen LogP contribution in [-0.4, -0.2) is 62.0 Å². The van der Waals surface area contributed by atoms with Gasteiger partial charge in [0, 0.05) is 19.6 Å². The zero-order valence-corrected chi connectivity index (χ0v) is 12.9. The van der Waals surface area contributed by atoms with Crippen LogP contribution in [0.2, 0.25) is 0 Å². The van der Waals surface area contributed by atoms with Crippen molar-refractivity contribution in [3.63, 3.8) is 0 Å². The number of hydrogen-bond donors (Lipinski definition) is 0. The lowest BCUT2D eigenvalue weighted by Gasteiger charge is -2.25. The average molecular weight is 272 g/mol. The molecule has 0 aliphatic heterocycles. The summed E-state index contributed by atoms with van der Waals surface area (Å²) in [6, 6.07) is 0. The normalized spacial score (nSPS) is 12.3. The van der Waals surface area contributed by atoms with Crippen LogP contribution in [0, 0.1) is 5.92 Å². The van der Waals surface area contributed by atoms with E-state index in [-0.39, 0.29) is 17.8 Å². The fourth-order valence-corrected chi connectivity index (χ4v) is 2.04. The van der Waals surface area contributed by atoms with Crippen molar-refractivity contribution < 1.29 is 14.3 Å². The van der Waals surface area contributed by atoms with Crippen LogP contribution in [-0.2, 0) is 14.3 Å². The Morgan fingerprint density at radius 1 is 1.16 bits per heavy atom. The Morgan fingerprint density at radius 3 is 2.11 bits per heavy atom. The van der Waals surface area contributed by atoms with Crippen molar-refractivity contribution >= 4 is 11.9 Å². The van der Waals surface area contributed by atoms with Crippen LogP contribution >= 0.6 is 0 Å². The van der Waals surface area contributed by atoms with Crippen LogP contribution in [0.25, 0.3) is 0 Å². The number of esters is 1. The first-order valence-corrected chi connectivity index (χ1v) is 7.00. The van der Waals surface area contributed by atoms with Crippen molar-refractivity contribution in [3.8, 4) is 0 Å². The molecule has 0 rings (SSSR count). The van der Waals surface area contributed by atoms with E-state index in [4.69, 9.17) is 0 Å². The minimum Gasteiger partial charge on any atom is -0.469 e. The van der Waals surface area contributed by atoms with Crippen molar-refractivity contribution in [2.75, 3.05) is 40.3 Å². The molecule has 0 bridgehead atoms. The van der Waals surface area contributed by atoms with Crippen LogP contribution in [0.15, 0.2) is 0 Å². The molecule has 19 heavy (non-hydrogen) atoms. The molecule has 0 spiro atoms. The minimum absolute atomic E-state index is 0.128. The van der Waals surface area contributed by atoms with Crippen molar-refractivity contribution in [1.82, 2.24) is 9.80 Å². The summed E-state index contributed by atoms with van der Waals surface area (Å²) in [6.45, 7) is 8.42. The topological polar surface area (TPSA) is 49.9 Å². The summed E-state index contributed by atoms with van der Waals surface area (Å²) in [4.78, 5) is 27.2. The average Bonchev–Trinajstić information content (AvgIpc) is 2.37. The molecule has 5 nitrogen and oxygen atoms in total. The lowest BCUT2D eigenvalue weighted by molar-refractivity contribution is -0.146. The molecule has 0 heterocycles. The molecule has 0 N–H and O–H groups in total. The summed E-state index contributed by atoms with van der Waals surface area (Å²) < 4.78 is 4.68. The van der Waals surface area contributed by atoms with Gasteiger partial charge < -0.3 is 9.64 Å². The standard InChI is InChI=1S/C14H28N2O3/c1-6-8-16(9-7-2)13(17)11-15(4)10-12(3)14(18)19-5/h12H,6-11H2,1-5H3. The van der Waals surface area contributed by atoms with Gasteiger partial charge in [0.25, 0.3) is 0 Å². The van der Waals surface area contributed by atoms with E-state index in [2.05, 4.69) is 18.6 Å². The zero-order chi connectivity index (χ0) is 14.8. The molecule has 0 radical (unpaired) electrons. The van der Waals surface area contributed by atoms with Crippen molar-refractivity contribution in [1.29, 1.82) is 0 Å². The van der Waals surface area contributed by atoms with Crippen LogP contribution in [0.5, 0.6) is 0 Å². The minimum atomic E-state index is -0.238. The Bertz CT molecular complexity index is 276. The van der Waals surface area contributed by atoms with Gasteiger partial charge in [-0.1, -0.05) is 20.8 Å². The van der Waals surface area contributed by atoms with Crippen molar-refractivity contribution in [2.45, 2.75) is 33.6 Å². The molecule has 1 amide bonds. The Hall–Kier alpha value is -1.10. The van der Waals surface area contributed by atoms with E-state index in [0.717, 1.165) is 25.9 Å². The summed E-state index contributed by atoms with van der Waals surface area (Å²) in [5.74, 6) is -0.324. The number of methoxy groups -OCH3 is 1. The van der Waals surface area contributed by atoms with Gasteiger partial charge in [0.2, 0.25) is 5.91 Å². The molecular weight excluding hydrogens is 244 g/mol. The van der Waals surface area contributed by atoms with E-state index in [1.165, 1.54) is 7.11 Å². The van der Waals surface area contributed by atoms with Gasteiger partial charge in [0.1, 0.15) is 0 Å². The predicted octanol–water partition coefficient (Wildman–Crippen LogP) is 1.38. The van der Waals surface area contributed by atoms with Crippen LogP contribution < -0.4 is 0 Å². The highest BCUT2D eigenvalue weighted by Gasteiger charge is 2.19. The second kappa shape index (κ2) is 9.78. The number of likely N-dealkylation sites (N-methyl/N-ethyl adjacent to an activating group) is 1. The third-order valence-electron chi connectivity index (χ3n) is 2.93. The second-order valence-corrected chi connectivity index (χ2v) is 5.00. The zero-order valence-electron chi connectivity index (χ0n) is 12.9. The Balaban J connectivity index is 4.25. The summed E-state index contributed by atoms with van der Waals surface area (Å²) in [7, 11) is 3.24. The molecule has 0 aliphatic carbocycles. The summed E-state index contributed by atoms with van der Waals surface area (Å²) in [5.41, 5.74) is 0. The monoisotopic (exact) mass is 272 g/mol. The van der Waals surface area contributed by atoms with Crippen LogP contribution in [0.1, 0.15) is 33.6 Å². The van der Waals surface area contributed by atoms with E-state index < -0.39 is 0 Å². The molecule has 0 aromatic carbocycles. The highest BCUT2D eigenvalue weighted by molar-refractivity contribution is 5.78. The summed E-state index contributed by atoms with van der Waals surface area (Å²) >= 11 is 0. The van der Waals surface area contributed by atoms with Crippen molar-refractivity contribution in [3.05, 3.63) is 0 Å². The molecule has 0 aromatic rings. The second-order valence-electron chi connectivity index (χ2n) is 5.00. The number of carbonyl (C=O) groups excluding carboxylic acids is 2. The Labute approximate surface area is 116 Å². The van der Waals surface area contributed by atoms with Gasteiger partial charge in [-0.05, 0) is 19.9 Å². The molecule has 112 valence electrons. The van der Waals surface area contributed by atoms with E-state index in [1.54, 1.807) is 0 Å². The molecule has 5 heteroatoms. The van der Waals surface area contributed by atoms with Gasteiger partial charge >= 0.3 is 5.97 Å². The van der Waals surface area contributed by atoms with E-state index in [9.17, 15) is 9.59 Å². The number of ether oxygens (including phenoxy) is 1. The molecule has 1 atom stereocenters. The maximum Gasteiger partial charge on any atom is 0.309 e. The van der Waals surface area contributed by atoms with E-state index in [1.807, 2.05) is 23.8 Å². The van der Waals surface area contributed by atoms with Crippen LogP contribution in [0.4, 0.5) is 0 Å². The Morgan fingerprint density at radius 2 is 1.68 bits per heavy atom. The van der Waals surface area contributed by atoms with Gasteiger partial charge in [-0.3, -0.25) is 14.5 Å². The van der Waals surface area contributed by atoms with E-state index in [0.29, 0.717) is 13.1 Å². The fourth-order valence-electron chi connectivity index (χ4n) is 2.04. The van der Waals surface area contributed by atoms with Crippen molar-refractivity contribution in [2.24, 2.45) is 5.92 Å². The predicted molar refractivity (Wildman–Crippen MR) is 75.8 cm³/mol. The van der Waals surface area contributed by atoms with Crippen LogP contribution in [0.3, 0.4) is 0 Å². The third kappa shape index (κ3) is 7.15. The first-order valence-electron chi connectivity index (χ1n) is 7.00. The number of amides is 1. The number of carbonyl (C=O) groups is 2. The fraction of sp³-hybridized carbons (Fsp3) is 0.857. The molecule has 0 aromatic heterocycles. The summed E-state index contributed by atoms with van der Waals surface area (Å²) in [5, 5.41) is 0. The number of nitrogens with zero attached hydrogens (tertiary/aromatic N) is 2. The number of rotatable bonds is 9.